The SMILES string of the molecule is COc1cccc(C2=C(C3CCCCC3)CCC2=NO)c1. The molecule has 3 rings (SSSR count). The lowest BCUT2D eigenvalue weighted by Crippen LogP contribution is -2.09. The fourth-order valence-electron chi connectivity index (χ4n) is 3.78. The van der Waals surface area contributed by atoms with Gasteiger partial charge in [-0.3, -0.25) is 0 Å². The van der Waals surface area contributed by atoms with Gasteiger partial charge in [0.25, 0.3) is 0 Å². The number of oxime groups is 1. The van der Waals surface area contributed by atoms with Crippen molar-refractivity contribution in [2.45, 2.75) is 44.9 Å². The van der Waals surface area contributed by atoms with Crippen LogP contribution in [0.5, 0.6) is 5.75 Å². The van der Waals surface area contributed by atoms with Gasteiger partial charge in [0.15, 0.2) is 0 Å². The van der Waals surface area contributed by atoms with Gasteiger partial charge in [-0.2, -0.15) is 0 Å². The number of rotatable bonds is 3. The van der Waals surface area contributed by atoms with E-state index in [9.17, 15) is 5.21 Å². The van der Waals surface area contributed by atoms with E-state index in [1.54, 1.807) is 7.11 Å². The zero-order valence-electron chi connectivity index (χ0n) is 12.6. The maximum absolute atomic E-state index is 9.36. The molecule has 21 heavy (non-hydrogen) atoms. The van der Waals surface area contributed by atoms with E-state index < -0.39 is 0 Å². The molecule has 0 bridgehead atoms. The number of hydrogen-bond donors (Lipinski definition) is 1. The van der Waals surface area contributed by atoms with Gasteiger partial charge in [-0.1, -0.05) is 42.1 Å². The Morgan fingerprint density at radius 1 is 1.14 bits per heavy atom. The van der Waals surface area contributed by atoms with Crippen LogP contribution in [0.15, 0.2) is 35.0 Å². The maximum atomic E-state index is 9.36. The molecule has 3 heteroatoms. The van der Waals surface area contributed by atoms with E-state index in [-0.39, 0.29) is 0 Å². The summed E-state index contributed by atoms with van der Waals surface area (Å²) in [6, 6.07) is 8.11. The van der Waals surface area contributed by atoms with E-state index in [4.69, 9.17) is 4.74 Å². The van der Waals surface area contributed by atoms with E-state index >= 15 is 0 Å². The molecule has 0 aliphatic heterocycles. The van der Waals surface area contributed by atoms with Crippen LogP contribution in [0.4, 0.5) is 0 Å². The van der Waals surface area contributed by atoms with Gasteiger partial charge in [0.2, 0.25) is 0 Å². The van der Waals surface area contributed by atoms with Crippen LogP contribution in [0.3, 0.4) is 0 Å². The highest BCUT2D eigenvalue weighted by Gasteiger charge is 2.29. The second-order valence-corrected chi connectivity index (χ2v) is 6.01. The largest absolute Gasteiger partial charge is 0.497 e. The maximum Gasteiger partial charge on any atom is 0.119 e. The Bertz CT molecular complexity index is 568. The fraction of sp³-hybridized carbons (Fsp3) is 0.500. The molecule has 1 N–H and O–H groups in total. The van der Waals surface area contributed by atoms with E-state index in [0.717, 1.165) is 29.9 Å². The van der Waals surface area contributed by atoms with Crippen molar-refractivity contribution in [2.75, 3.05) is 7.11 Å². The summed E-state index contributed by atoms with van der Waals surface area (Å²) >= 11 is 0. The van der Waals surface area contributed by atoms with Crippen LogP contribution in [0.2, 0.25) is 0 Å². The molecule has 2 aliphatic carbocycles. The molecule has 0 spiro atoms. The first-order valence-corrected chi connectivity index (χ1v) is 7.92. The molecule has 0 heterocycles. The zero-order chi connectivity index (χ0) is 14.7. The molecule has 0 saturated heterocycles. The fourth-order valence-corrected chi connectivity index (χ4v) is 3.78. The standard InChI is InChI=1S/C18H23NO2/c1-21-15-9-5-8-14(12-15)18-16(10-11-17(18)19-20)13-6-3-2-4-7-13/h5,8-9,12-13,20H,2-4,6-7,10-11H2,1H3. The van der Waals surface area contributed by atoms with Crippen molar-refractivity contribution in [3.05, 3.63) is 35.4 Å². The molecule has 112 valence electrons. The van der Waals surface area contributed by atoms with Crippen LogP contribution in [-0.4, -0.2) is 18.0 Å². The summed E-state index contributed by atoms with van der Waals surface area (Å²) in [5.74, 6) is 1.52. The molecular formula is C18H23NO2. The molecule has 1 aromatic carbocycles. The molecule has 0 unspecified atom stereocenters. The summed E-state index contributed by atoms with van der Waals surface area (Å²) in [5, 5.41) is 12.9. The Morgan fingerprint density at radius 2 is 1.95 bits per heavy atom. The highest BCUT2D eigenvalue weighted by atomic mass is 16.5. The summed E-state index contributed by atoms with van der Waals surface area (Å²) < 4.78 is 5.34. The van der Waals surface area contributed by atoms with E-state index in [0.29, 0.717) is 5.92 Å². The Labute approximate surface area is 126 Å². The van der Waals surface area contributed by atoms with Gasteiger partial charge in [-0.05, 0) is 49.3 Å². The van der Waals surface area contributed by atoms with Crippen LogP contribution >= 0.6 is 0 Å². The Balaban J connectivity index is 2.03. The highest BCUT2D eigenvalue weighted by molar-refractivity contribution is 6.26. The first-order valence-electron chi connectivity index (χ1n) is 7.92. The van der Waals surface area contributed by atoms with Gasteiger partial charge >= 0.3 is 0 Å². The Morgan fingerprint density at radius 3 is 2.67 bits per heavy atom. The highest BCUT2D eigenvalue weighted by Crippen LogP contribution is 2.42. The van der Waals surface area contributed by atoms with Crippen LogP contribution in [0.25, 0.3) is 5.57 Å². The summed E-state index contributed by atoms with van der Waals surface area (Å²) in [7, 11) is 1.69. The summed E-state index contributed by atoms with van der Waals surface area (Å²) in [6.07, 6.45) is 8.46. The molecule has 0 radical (unpaired) electrons. The first-order chi connectivity index (χ1) is 10.3. The number of allylic oxidation sites excluding steroid dienone is 2. The average molecular weight is 285 g/mol. The second kappa shape index (κ2) is 6.33. The minimum Gasteiger partial charge on any atom is -0.497 e. The lowest BCUT2D eigenvalue weighted by atomic mass is 9.81. The molecule has 0 aromatic heterocycles. The third-order valence-electron chi connectivity index (χ3n) is 4.82. The smallest absolute Gasteiger partial charge is 0.119 e. The first kappa shape index (κ1) is 14.2. The molecule has 0 atom stereocenters. The summed E-state index contributed by atoms with van der Waals surface area (Å²) in [4.78, 5) is 0. The van der Waals surface area contributed by atoms with Gasteiger partial charge in [-0.15, -0.1) is 0 Å². The third kappa shape index (κ3) is 2.82. The topological polar surface area (TPSA) is 41.8 Å². The van der Waals surface area contributed by atoms with Crippen LogP contribution in [0, 0.1) is 5.92 Å². The molecule has 1 fully saturated rings. The minimum atomic E-state index is 0.666. The number of nitrogens with zero attached hydrogens (tertiary/aromatic N) is 1. The van der Waals surface area contributed by atoms with E-state index in [1.165, 1.54) is 43.3 Å². The van der Waals surface area contributed by atoms with Crippen molar-refractivity contribution in [2.24, 2.45) is 11.1 Å². The number of ether oxygens (including phenoxy) is 1. The minimum absolute atomic E-state index is 0.666. The molecule has 1 saturated carbocycles. The predicted molar refractivity (Wildman–Crippen MR) is 84.9 cm³/mol. The molecule has 2 aliphatic rings. The van der Waals surface area contributed by atoms with Crippen molar-refractivity contribution in [1.82, 2.24) is 0 Å². The summed E-state index contributed by atoms with van der Waals surface area (Å²) in [6.45, 7) is 0. The normalized spacial score (nSPS) is 22.0. The van der Waals surface area contributed by atoms with Crippen molar-refractivity contribution in [3.63, 3.8) is 0 Å². The van der Waals surface area contributed by atoms with Crippen molar-refractivity contribution in [3.8, 4) is 5.75 Å². The molecule has 3 nitrogen and oxygen atoms in total. The van der Waals surface area contributed by atoms with Crippen molar-refractivity contribution in [1.29, 1.82) is 0 Å². The Kier molecular flexibility index (Phi) is 4.28. The van der Waals surface area contributed by atoms with Crippen LogP contribution < -0.4 is 4.74 Å². The van der Waals surface area contributed by atoms with Crippen molar-refractivity contribution >= 4 is 11.3 Å². The van der Waals surface area contributed by atoms with Crippen molar-refractivity contribution < 1.29 is 9.94 Å². The molecule has 0 amide bonds. The Hall–Kier alpha value is -1.77. The quantitative estimate of drug-likeness (QED) is 0.648. The third-order valence-corrected chi connectivity index (χ3v) is 4.82. The summed E-state index contributed by atoms with van der Waals surface area (Å²) in [5.41, 5.74) is 4.63. The van der Waals surface area contributed by atoms with E-state index in [1.807, 2.05) is 12.1 Å². The number of benzene rings is 1. The van der Waals surface area contributed by atoms with Gasteiger partial charge in [-0.25, -0.2) is 0 Å². The van der Waals surface area contributed by atoms with E-state index in [2.05, 4.69) is 17.3 Å². The average Bonchev–Trinajstić information content (AvgIpc) is 2.99. The lowest BCUT2D eigenvalue weighted by Gasteiger charge is -2.24. The lowest BCUT2D eigenvalue weighted by molar-refractivity contribution is 0.319. The monoisotopic (exact) mass is 285 g/mol. The molecule has 1 aromatic rings. The number of methoxy groups -OCH3 is 1. The second-order valence-electron chi connectivity index (χ2n) is 6.01. The van der Waals surface area contributed by atoms with Gasteiger partial charge in [0.05, 0.1) is 12.8 Å². The van der Waals surface area contributed by atoms with Gasteiger partial charge < -0.3 is 9.94 Å². The molecular weight excluding hydrogens is 262 g/mol. The van der Waals surface area contributed by atoms with Gasteiger partial charge in [0.1, 0.15) is 5.75 Å². The predicted octanol–water partition coefficient (Wildman–Crippen LogP) is 4.65. The zero-order valence-corrected chi connectivity index (χ0v) is 12.6. The van der Waals surface area contributed by atoms with Crippen LogP contribution in [0.1, 0.15) is 50.5 Å². The van der Waals surface area contributed by atoms with Gasteiger partial charge in [0, 0.05) is 5.57 Å². The number of hydrogen-bond acceptors (Lipinski definition) is 3. The van der Waals surface area contributed by atoms with Crippen LogP contribution in [-0.2, 0) is 0 Å².